The number of rotatable bonds is 8. The molecule has 0 fully saturated rings. The first-order chi connectivity index (χ1) is 54.8. The van der Waals surface area contributed by atoms with Crippen LogP contribution in [0.4, 0.5) is 0 Å². The van der Waals surface area contributed by atoms with E-state index in [-0.39, 0.29) is 16.7 Å². The van der Waals surface area contributed by atoms with Gasteiger partial charge in [-0.2, -0.15) is 0 Å². The summed E-state index contributed by atoms with van der Waals surface area (Å²) in [6.45, 7) is 0. The van der Waals surface area contributed by atoms with Gasteiger partial charge in [0.25, 0.3) is 16.7 Å². The Morgan fingerprint density at radius 3 is 0.865 bits per heavy atom. The van der Waals surface area contributed by atoms with Crippen molar-refractivity contribution in [2.75, 3.05) is 0 Å². The maximum Gasteiger partial charge on any atom is 0.263 e. The van der Waals surface area contributed by atoms with Gasteiger partial charge in [0.05, 0.1) is 91.0 Å². The molecule has 23 aromatic rings. The average Bonchev–Trinajstić information content (AvgIpc) is 1.57. The monoisotopic (exact) mass is 1430 g/mol. The molecular weight excluding hydrogens is 1370 g/mol. The van der Waals surface area contributed by atoms with Crippen molar-refractivity contribution in [2.24, 2.45) is 0 Å². The number of pyridine rings is 9. The van der Waals surface area contributed by atoms with Crippen LogP contribution in [0.2, 0.25) is 0 Å². The van der Waals surface area contributed by atoms with Crippen LogP contribution in [-0.4, -0.2) is 63.0 Å². The van der Waals surface area contributed by atoms with Crippen LogP contribution in [0, 0.1) is 0 Å². The molecule has 0 saturated carbocycles. The van der Waals surface area contributed by atoms with Gasteiger partial charge in [-0.25, -0.2) is 0 Å². The molecule has 0 unspecified atom stereocenters. The number of hydrogen-bond acceptors (Lipinski definition) is 13. The second-order valence-corrected chi connectivity index (χ2v) is 27.4. The molecule has 0 amide bonds. The van der Waals surface area contributed by atoms with Gasteiger partial charge >= 0.3 is 0 Å². The van der Waals surface area contributed by atoms with Crippen molar-refractivity contribution in [2.45, 2.75) is 0 Å². The van der Waals surface area contributed by atoms with Crippen LogP contribution in [0.15, 0.2) is 350 Å². The van der Waals surface area contributed by atoms with Crippen LogP contribution in [0.25, 0.3) is 204 Å². The predicted octanol–water partition coefficient (Wildman–Crippen LogP) is 19.9. The molecule has 0 aliphatic rings. The predicted molar refractivity (Wildman–Crippen MR) is 444 cm³/mol. The number of aromatic nitrogens is 13. The number of hydrogen-bond donors (Lipinski definition) is 0. The Morgan fingerprint density at radius 2 is 0.468 bits per heavy atom. The quantitative estimate of drug-likeness (QED) is 0.131. The van der Waals surface area contributed by atoms with Crippen molar-refractivity contribution < 1.29 is 0 Å². The highest BCUT2D eigenvalue weighted by Gasteiger charge is 2.24. The van der Waals surface area contributed by atoms with Crippen LogP contribution in [0.3, 0.4) is 0 Å². The maximum atomic E-state index is 14.0. The van der Waals surface area contributed by atoms with Crippen LogP contribution < -0.4 is 16.7 Å². The van der Waals surface area contributed by atoms with E-state index in [1.165, 1.54) is 0 Å². The third kappa shape index (κ3) is 10.6. The third-order valence-corrected chi connectivity index (χ3v) is 21.2. The lowest BCUT2D eigenvalue weighted by Gasteiger charge is -2.09. The molecule has 23 rings (SSSR count). The second kappa shape index (κ2) is 25.9. The molecule has 0 N–H and O–H groups in total. The summed E-state index contributed by atoms with van der Waals surface area (Å²) in [5.74, 6) is 0. The molecule has 0 aliphatic carbocycles. The number of benzene rings is 9. The molecule has 16 nitrogen and oxygen atoms in total. The van der Waals surface area contributed by atoms with Crippen molar-refractivity contribution in [1.82, 2.24) is 63.0 Å². The molecule has 9 aromatic carbocycles. The first-order valence-electron chi connectivity index (χ1n) is 36.2. The Balaban J connectivity index is 0.000000107. The first kappa shape index (κ1) is 63.9. The van der Waals surface area contributed by atoms with E-state index in [0.717, 1.165) is 193 Å². The first-order valence-corrected chi connectivity index (χ1v) is 36.2. The van der Waals surface area contributed by atoms with E-state index in [1.807, 2.05) is 220 Å². The smallest absolute Gasteiger partial charge is 0.263 e. The summed E-state index contributed by atoms with van der Waals surface area (Å²) in [5, 5.41) is 14.1. The van der Waals surface area contributed by atoms with E-state index in [0.29, 0.717) is 10.8 Å². The second-order valence-electron chi connectivity index (χ2n) is 27.4. The van der Waals surface area contributed by atoms with Crippen LogP contribution >= 0.6 is 0 Å². The molecule has 0 radical (unpaired) electrons. The topological polar surface area (TPSA) is 193 Å². The molecule has 14 heterocycles. The lowest BCUT2D eigenvalue weighted by molar-refractivity contribution is 1.20. The zero-order chi connectivity index (χ0) is 73.8. The molecule has 0 atom stereocenters. The zero-order valence-electron chi connectivity index (χ0n) is 58.8. The average molecular weight is 1430 g/mol. The Kier molecular flexibility index (Phi) is 14.9. The van der Waals surface area contributed by atoms with Crippen LogP contribution in [0.5, 0.6) is 0 Å². The van der Waals surface area contributed by atoms with Gasteiger partial charge in [0.15, 0.2) is 0 Å². The molecule has 0 saturated heterocycles. The van der Waals surface area contributed by atoms with Crippen LogP contribution in [0.1, 0.15) is 0 Å². The molecule has 518 valence electrons. The molecule has 0 aliphatic heterocycles. The Labute approximate surface area is 629 Å². The summed E-state index contributed by atoms with van der Waals surface area (Å²) in [6.07, 6.45) is 21.1. The fourth-order valence-electron chi connectivity index (χ4n) is 16.2. The summed E-state index contributed by atoms with van der Waals surface area (Å²) in [4.78, 5) is 86.1. The summed E-state index contributed by atoms with van der Waals surface area (Å²) >= 11 is 0. The van der Waals surface area contributed by atoms with Crippen molar-refractivity contribution in [1.29, 1.82) is 0 Å². The summed E-state index contributed by atoms with van der Waals surface area (Å²) < 4.78 is 5.58. The fourth-order valence-corrected chi connectivity index (χ4v) is 16.2. The SMILES string of the molecule is O=c1c2ccccc2c2cc(-c3ccc(-c4ccccn4)cn3)cc3c4cc(-c5ccc(-c6ccccn6)nc5)ccc4n1c23.O=c1c2ccccc2c2cc(-c3ccccn3)cc3c4cc(-c5ccccn5)ccc4n1c23.O=c1c2ccccc2c2cc(-c3cnccn3)cc3c4cc(-c5cnccn5)ccc4n1c23. The van der Waals surface area contributed by atoms with Gasteiger partial charge in [-0.3, -0.25) is 77.4 Å². The van der Waals surface area contributed by atoms with Crippen molar-refractivity contribution in [3.05, 3.63) is 366 Å². The van der Waals surface area contributed by atoms with Crippen molar-refractivity contribution in [3.63, 3.8) is 0 Å². The highest BCUT2D eigenvalue weighted by molar-refractivity contribution is 6.25. The summed E-state index contributed by atoms with van der Waals surface area (Å²) in [5.41, 5.74) is 20.1. The van der Waals surface area contributed by atoms with E-state index in [4.69, 9.17) is 9.97 Å². The Morgan fingerprint density at radius 1 is 0.180 bits per heavy atom. The molecule has 111 heavy (non-hydrogen) atoms. The Bertz CT molecular complexity index is 7510. The number of nitrogens with zero attached hydrogens (tertiary/aromatic N) is 13. The van der Waals surface area contributed by atoms with E-state index in [1.54, 1.807) is 55.8 Å². The van der Waals surface area contributed by atoms with E-state index in [2.05, 4.69) is 113 Å². The fraction of sp³-hybridized carbons (Fsp3) is 0. The van der Waals surface area contributed by atoms with Gasteiger partial charge < -0.3 is 0 Å². The van der Waals surface area contributed by atoms with E-state index >= 15 is 0 Å². The van der Waals surface area contributed by atoms with E-state index < -0.39 is 0 Å². The van der Waals surface area contributed by atoms with Gasteiger partial charge in [0, 0.05) is 166 Å². The van der Waals surface area contributed by atoms with Crippen LogP contribution in [-0.2, 0) is 0 Å². The standard InChI is InChI=1S/C39H23N5O.C29H17N3O.C27H15N5O/c45-39-29-8-2-1-7-28(29)31-20-27(34-14-12-26(23-42-34)33-9-3-5-17-40-33)21-32-30-19-24(13-16-37(30)44(39)38(31)32)25-11-15-36(43-22-25)35-10-4-6-18-41-35;33-29-21-8-2-1-7-20(21)23-16-19(26-10-4-6-14-31-26)17-24-22-15-18(25-9-3-5-13-30-25)11-12-27(22)32(29)28(23)24;33-27-19-4-2-1-3-18(19)21-12-17(24-15-29-8-10-31-24)13-22-20-11-16(23-14-28-7-9-30-23)5-6-25(20)32(27)26(21)22/h1-23H;1-17H;1-15H. The van der Waals surface area contributed by atoms with Gasteiger partial charge in [-0.1, -0.05) is 103 Å². The largest absolute Gasteiger partial charge is 0.275 e. The summed E-state index contributed by atoms with van der Waals surface area (Å²) in [7, 11) is 0. The molecule has 0 spiro atoms. The maximum absolute atomic E-state index is 14.0. The minimum absolute atomic E-state index is 0.00859. The molecule has 0 bridgehead atoms. The van der Waals surface area contributed by atoms with Crippen molar-refractivity contribution in [3.8, 4) is 90.1 Å². The minimum Gasteiger partial charge on any atom is -0.275 e. The van der Waals surface area contributed by atoms with E-state index in [9.17, 15) is 14.4 Å². The highest BCUT2D eigenvalue weighted by Crippen LogP contribution is 2.43. The highest BCUT2D eigenvalue weighted by atomic mass is 16.1. The van der Waals surface area contributed by atoms with Gasteiger partial charge in [0.1, 0.15) is 0 Å². The Hall–Kier alpha value is -15.6. The molecule has 16 heteroatoms. The summed E-state index contributed by atoms with van der Waals surface area (Å²) in [6, 6.07) is 86.6. The number of fused-ring (bicyclic) bond motifs is 15. The lowest BCUT2D eigenvalue weighted by atomic mass is 9.98. The zero-order valence-corrected chi connectivity index (χ0v) is 58.8. The van der Waals surface area contributed by atoms with Crippen molar-refractivity contribution >= 4 is 114 Å². The normalized spacial score (nSPS) is 11.7. The van der Waals surface area contributed by atoms with Gasteiger partial charge in [-0.05, 0) is 179 Å². The third-order valence-electron chi connectivity index (χ3n) is 21.2. The molecular formula is C95H55N13O3. The van der Waals surface area contributed by atoms with Gasteiger partial charge in [-0.15, -0.1) is 0 Å². The lowest BCUT2D eigenvalue weighted by Crippen LogP contribution is -2.12. The molecule has 14 aromatic heterocycles. The minimum atomic E-state index is -0.0161. The van der Waals surface area contributed by atoms with Gasteiger partial charge in [0.2, 0.25) is 0 Å².